The second-order valence-corrected chi connectivity index (χ2v) is 11.6. The SMILES string of the molecule is O=C(c1cncc2cc[nH]c12)N1CCN(C2c3ccccc3CS(=O)(=O)c3sccc32)CC1. The minimum Gasteiger partial charge on any atom is -0.360 e. The van der Waals surface area contributed by atoms with Crippen LogP contribution in [-0.4, -0.2) is 60.3 Å². The van der Waals surface area contributed by atoms with Crippen LogP contribution in [0.3, 0.4) is 0 Å². The van der Waals surface area contributed by atoms with Crippen LogP contribution >= 0.6 is 11.3 Å². The number of rotatable bonds is 2. The fraction of sp³-hybridized carbons (Fsp3) is 0.250. The third-order valence-corrected chi connectivity index (χ3v) is 9.86. The third-order valence-electron chi connectivity index (χ3n) is 6.59. The third kappa shape index (κ3) is 3.38. The zero-order chi connectivity index (χ0) is 22.6. The average Bonchev–Trinajstić information content (AvgIpc) is 3.49. The molecule has 1 atom stereocenters. The van der Waals surface area contributed by atoms with Crippen LogP contribution in [0.1, 0.15) is 33.1 Å². The predicted octanol–water partition coefficient (Wildman–Crippen LogP) is 3.46. The summed E-state index contributed by atoms with van der Waals surface area (Å²) in [6.45, 7) is 2.46. The van der Waals surface area contributed by atoms with Crippen molar-refractivity contribution in [2.75, 3.05) is 26.2 Å². The number of benzene rings is 1. The van der Waals surface area contributed by atoms with E-state index in [0.29, 0.717) is 36.0 Å². The predicted molar refractivity (Wildman–Crippen MR) is 127 cm³/mol. The molecular formula is C24H22N4O3S2. The summed E-state index contributed by atoms with van der Waals surface area (Å²) in [6, 6.07) is 11.5. The normalized spacial score (nSPS) is 20.2. The Labute approximate surface area is 195 Å². The van der Waals surface area contributed by atoms with Gasteiger partial charge < -0.3 is 9.88 Å². The van der Waals surface area contributed by atoms with Crippen LogP contribution in [-0.2, 0) is 15.6 Å². The van der Waals surface area contributed by atoms with Crippen LogP contribution in [0, 0.1) is 0 Å². The Morgan fingerprint density at radius 3 is 2.70 bits per heavy atom. The molecule has 1 amide bonds. The van der Waals surface area contributed by atoms with Crippen molar-refractivity contribution in [2.24, 2.45) is 0 Å². The zero-order valence-corrected chi connectivity index (χ0v) is 19.4. The number of hydrogen-bond acceptors (Lipinski definition) is 6. The van der Waals surface area contributed by atoms with Gasteiger partial charge >= 0.3 is 0 Å². The first-order chi connectivity index (χ1) is 16.0. The van der Waals surface area contributed by atoms with E-state index in [1.807, 2.05) is 52.9 Å². The number of carbonyl (C=O) groups is 1. The van der Waals surface area contributed by atoms with Crippen molar-refractivity contribution in [3.63, 3.8) is 0 Å². The van der Waals surface area contributed by atoms with Crippen molar-refractivity contribution < 1.29 is 13.2 Å². The van der Waals surface area contributed by atoms with Crippen LogP contribution in [0.4, 0.5) is 0 Å². The van der Waals surface area contributed by atoms with Gasteiger partial charge in [-0.15, -0.1) is 11.3 Å². The molecule has 2 aliphatic rings. The molecule has 0 aliphatic carbocycles. The monoisotopic (exact) mass is 478 g/mol. The number of thiophene rings is 1. The smallest absolute Gasteiger partial charge is 0.257 e. The van der Waals surface area contributed by atoms with Gasteiger partial charge in [0.15, 0.2) is 9.84 Å². The van der Waals surface area contributed by atoms with E-state index in [-0.39, 0.29) is 17.7 Å². The van der Waals surface area contributed by atoms with Gasteiger partial charge in [-0.05, 0) is 28.6 Å². The summed E-state index contributed by atoms with van der Waals surface area (Å²) in [4.78, 5) is 24.8. The molecule has 1 N–H and O–H groups in total. The highest BCUT2D eigenvalue weighted by atomic mass is 32.2. The van der Waals surface area contributed by atoms with Gasteiger partial charge in [0.1, 0.15) is 4.21 Å². The number of aromatic nitrogens is 2. The van der Waals surface area contributed by atoms with Gasteiger partial charge in [0.2, 0.25) is 0 Å². The lowest BCUT2D eigenvalue weighted by molar-refractivity contribution is 0.0597. The zero-order valence-electron chi connectivity index (χ0n) is 17.8. The Bertz CT molecular complexity index is 1470. The Kier molecular flexibility index (Phi) is 4.86. The molecule has 7 nitrogen and oxygen atoms in total. The number of nitrogens with one attached hydrogen (secondary N) is 1. The number of sulfone groups is 1. The summed E-state index contributed by atoms with van der Waals surface area (Å²) < 4.78 is 26.6. The van der Waals surface area contributed by atoms with Crippen LogP contribution < -0.4 is 0 Å². The topological polar surface area (TPSA) is 86.4 Å². The summed E-state index contributed by atoms with van der Waals surface area (Å²) in [5.41, 5.74) is 4.14. The lowest BCUT2D eigenvalue weighted by Gasteiger charge is -2.39. The van der Waals surface area contributed by atoms with E-state index in [4.69, 9.17) is 0 Å². The van der Waals surface area contributed by atoms with E-state index in [2.05, 4.69) is 14.9 Å². The maximum atomic E-state index is 13.3. The van der Waals surface area contributed by atoms with Crippen molar-refractivity contribution in [1.29, 1.82) is 0 Å². The van der Waals surface area contributed by atoms with E-state index in [1.165, 1.54) is 11.3 Å². The number of aromatic amines is 1. The van der Waals surface area contributed by atoms with E-state index in [9.17, 15) is 13.2 Å². The number of fused-ring (bicyclic) bond motifs is 3. The lowest BCUT2D eigenvalue weighted by atomic mass is 9.95. The first-order valence-corrected chi connectivity index (χ1v) is 13.4. The molecule has 0 radical (unpaired) electrons. The van der Waals surface area contributed by atoms with Crippen molar-refractivity contribution in [1.82, 2.24) is 19.8 Å². The van der Waals surface area contributed by atoms with Crippen molar-refractivity contribution in [3.05, 3.63) is 82.6 Å². The van der Waals surface area contributed by atoms with Gasteiger partial charge in [-0.25, -0.2) is 8.42 Å². The molecule has 1 unspecified atom stereocenters. The van der Waals surface area contributed by atoms with Gasteiger partial charge in [0, 0.05) is 55.7 Å². The molecule has 2 aliphatic heterocycles. The maximum absolute atomic E-state index is 13.3. The van der Waals surface area contributed by atoms with Crippen molar-refractivity contribution in [2.45, 2.75) is 16.0 Å². The Hall–Kier alpha value is -3.01. The van der Waals surface area contributed by atoms with Gasteiger partial charge in [0.25, 0.3) is 5.91 Å². The second kappa shape index (κ2) is 7.79. The van der Waals surface area contributed by atoms with Crippen LogP contribution in [0.25, 0.3) is 10.9 Å². The van der Waals surface area contributed by atoms with E-state index in [1.54, 1.807) is 12.4 Å². The summed E-state index contributed by atoms with van der Waals surface area (Å²) in [6.07, 6.45) is 5.19. The molecule has 0 spiro atoms. The van der Waals surface area contributed by atoms with Crippen molar-refractivity contribution >= 4 is 38.0 Å². The number of piperazine rings is 1. The average molecular weight is 479 g/mol. The highest BCUT2D eigenvalue weighted by molar-refractivity contribution is 7.92. The van der Waals surface area contributed by atoms with Crippen LogP contribution in [0.5, 0.6) is 0 Å². The molecule has 4 aromatic rings. The molecule has 0 saturated carbocycles. The number of carbonyl (C=O) groups excluding carboxylic acids is 1. The van der Waals surface area contributed by atoms with Gasteiger partial charge in [-0.2, -0.15) is 0 Å². The fourth-order valence-electron chi connectivity index (χ4n) is 5.02. The van der Waals surface area contributed by atoms with Gasteiger partial charge in [0.05, 0.1) is 22.9 Å². The molecule has 33 heavy (non-hydrogen) atoms. The highest BCUT2D eigenvalue weighted by Gasteiger charge is 2.37. The minimum absolute atomic E-state index is 0.0266. The first kappa shape index (κ1) is 20.6. The summed E-state index contributed by atoms with van der Waals surface area (Å²) in [7, 11) is -3.38. The van der Waals surface area contributed by atoms with Crippen LogP contribution in [0.15, 0.2) is 64.6 Å². The van der Waals surface area contributed by atoms with E-state index in [0.717, 1.165) is 27.6 Å². The van der Waals surface area contributed by atoms with E-state index >= 15 is 0 Å². The first-order valence-electron chi connectivity index (χ1n) is 10.9. The van der Waals surface area contributed by atoms with Gasteiger partial charge in [-0.3, -0.25) is 14.7 Å². The summed E-state index contributed by atoms with van der Waals surface area (Å²) in [5.74, 6) is -0.00558. The largest absolute Gasteiger partial charge is 0.360 e. The lowest BCUT2D eigenvalue weighted by Crippen LogP contribution is -2.50. The van der Waals surface area contributed by atoms with E-state index < -0.39 is 9.84 Å². The number of H-pyrrole nitrogens is 1. The summed E-state index contributed by atoms with van der Waals surface area (Å²) >= 11 is 1.30. The number of hydrogen-bond donors (Lipinski definition) is 1. The number of nitrogens with zero attached hydrogens (tertiary/aromatic N) is 3. The second-order valence-electron chi connectivity index (χ2n) is 8.48. The Morgan fingerprint density at radius 1 is 1.03 bits per heavy atom. The molecule has 168 valence electrons. The Balaban J connectivity index is 1.30. The van der Waals surface area contributed by atoms with Crippen molar-refractivity contribution in [3.8, 4) is 0 Å². The molecule has 9 heteroatoms. The number of pyridine rings is 1. The molecular weight excluding hydrogens is 456 g/mol. The summed E-state index contributed by atoms with van der Waals surface area (Å²) in [5, 5.41) is 2.79. The minimum atomic E-state index is -3.38. The molecule has 1 saturated heterocycles. The molecule has 0 bridgehead atoms. The molecule has 1 aromatic carbocycles. The standard InChI is InChI=1S/C24H22N4O3S2/c29-23(20-14-25-13-16-5-7-26-21(16)20)28-10-8-27(9-11-28)22-18-4-2-1-3-17(18)15-33(30,31)24-19(22)6-12-32-24/h1-7,12-14,22,26H,8-11,15H2. The molecule has 1 fully saturated rings. The molecule has 5 heterocycles. The number of amides is 1. The molecule has 6 rings (SSSR count). The Morgan fingerprint density at radius 2 is 1.85 bits per heavy atom. The van der Waals surface area contributed by atoms with Gasteiger partial charge in [-0.1, -0.05) is 24.3 Å². The maximum Gasteiger partial charge on any atom is 0.257 e. The highest BCUT2D eigenvalue weighted by Crippen LogP contribution is 2.42. The quantitative estimate of drug-likeness (QED) is 0.477. The molecule has 3 aromatic heterocycles. The fourth-order valence-corrected chi connectivity index (χ4v) is 7.95. The van der Waals surface area contributed by atoms with Crippen LogP contribution in [0.2, 0.25) is 0 Å².